The van der Waals surface area contributed by atoms with Gasteiger partial charge in [0.05, 0.1) is 13.2 Å². The summed E-state index contributed by atoms with van der Waals surface area (Å²) in [7, 11) is 0. The number of ether oxygens (including phenoxy) is 1. The fraction of sp³-hybridized carbons (Fsp3) is 0.667. The van der Waals surface area contributed by atoms with E-state index in [4.69, 9.17) is 9.84 Å². The third-order valence-electron chi connectivity index (χ3n) is 2.08. The summed E-state index contributed by atoms with van der Waals surface area (Å²) in [5.74, 6) is -0.872. The van der Waals surface area contributed by atoms with Crippen molar-refractivity contribution < 1.29 is 19.4 Å². The molecule has 0 spiro atoms. The molecule has 0 aromatic carbocycles. The second-order valence-corrected chi connectivity index (χ2v) is 3.64. The van der Waals surface area contributed by atoms with Crippen LogP contribution in [0.5, 0.6) is 0 Å². The Labute approximate surface area is 102 Å². The van der Waals surface area contributed by atoms with Crippen molar-refractivity contribution in [1.29, 1.82) is 0 Å². The summed E-state index contributed by atoms with van der Waals surface area (Å²) in [4.78, 5) is 21.5. The van der Waals surface area contributed by atoms with Crippen LogP contribution in [-0.4, -0.2) is 36.7 Å². The van der Waals surface area contributed by atoms with Gasteiger partial charge in [-0.3, -0.25) is 9.59 Å². The molecule has 0 aromatic rings. The highest BCUT2D eigenvalue weighted by Crippen LogP contribution is 1.99. The van der Waals surface area contributed by atoms with Gasteiger partial charge in [-0.05, 0) is 19.3 Å². The van der Waals surface area contributed by atoms with Gasteiger partial charge in [0.1, 0.15) is 0 Å². The molecule has 0 heterocycles. The zero-order valence-corrected chi connectivity index (χ0v) is 10.1. The molecule has 0 saturated carbocycles. The summed E-state index contributed by atoms with van der Waals surface area (Å²) >= 11 is 0. The Kier molecular flexibility index (Phi) is 10.2. The number of nitrogens with one attached hydrogen (secondary N) is 1. The summed E-state index contributed by atoms with van der Waals surface area (Å²) in [5.41, 5.74) is 0. The fourth-order valence-electron chi connectivity index (χ4n) is 1.18. The Bertz CT molecular complexity index is 241. The van der Waals surface area contributed by atoms with Crippen molar-refractivity contribution in [3.63, 3.8) is 0 Å². The number of aliphatic carboxylic acids is 1. The lowest BCUT2D eigenvalue weighted by Gasteiger charge is -2.05. The van der Waals surface area contributed by atoms with Crippen LogP contribution in [0.15, 0.2) is 12.7 Å². The van der Waals surface area contributed by atoms with Crippen LogP contribution < -0.4 is 5.32 Å². The SMILES string of the molecule is C=CCCOCCNC(=O)CCCCC(=O)O. The molecule has 0 radical (unpaired) electrons. The van der Waals surface area contributed by atoms with Gasteiger partial charge < -0.3 is 15.2 Å². The van der Waals surface area contributed by atoms with Crippen LogP contribution in [0.3, 0.4) is 0 Å². The minimum Gasteiger partial charge on any atom is -0.481 e. The van der Waals surface area contributed by atoms with Gasteiger partial charge in [-0.2, -0.15) is 0 Å². The molecule has 0 aliphatic carbocycles. The summed E-state index contributed by atoms with van der Waals surface area (Å²) in [6.07, 6.45) is 4.23. The Balaban J connectivity index is 3.23. The van der Waals surface area contributed by atoms with Gasteiger partial charge in [0.2, 0.25) is 5.91 Å². The van der Waals surface area contributed by atoms with E-state index in [2.05, 4.69) is 11.9 Å². The van der Waals surface area contributed by atoms with E-state index in [1.165, 1.54) is 0 Å². The lowest BCUT2D eigenvalue weighted by atomic mass is 10.2. The number of carbonyl (C=O) groups excluding carboxylic acids is 1. The minimum absolute atomic E-state index is 0.0530. The zero-order valence-electron chi connectivity index (χ0n) is 10.1. The van der Waals surface area contributed by atoms with Crippen LogP contribution >= 0.6 is 0 Å². The van der Waals surface area contributed by atoms with Crippen molar-refractivity contribution in [3.8, 4) is 0 Å². The van der Waals surface area contributed by atoms with Crippen LogP contribution in [0.2, 0.25) is 0 Å². The van der Waals surface area contributed by atoms with Crippen molar-refractivity contribution >= 4 is 11.9 Å². The monoisotopic (exact) mass is 243 g/mol. The first-order valence-electron chi connectivity index (χ1n) is 5.84. The van der Waals surface area contributed by atoms with E-state index >= 15 is 0 Å². The van der Waals surface area contributed by atoms with E-state index in [1.807, 2.05) is 0 Å². The molecule has 0 atom stereocenters. The number of unbranched alkanes of at least 4 members (excludes halogenated alkanes) is 1. The van der Waals surface area contributed by atoms with Crippen molar-refractivity contribution in [3.05, 3.63) is 12.7 Å². The van der Waals surface area contributed by atoms with Gasteiger partial charge in [-0.1, -0.05) is 6.08 Å². The minimum atomic E-state index is -0.818. The standard InChI is InChI=1S/C12H21NO4/c1-2-3-9-17-10-8-13-11(14)6-4-5-7-12(15)16/h2H,1,3-10H2,(H,13,14)(H,15,16). The molecule has 0 aliphatic rings. The third kappa shape index (κ3) is 12.6. The second kappa shape index (κ2) is 11.1. The van der Waals surface area contributed by atoms with E-state index < -0.39 is 5.97 Å². The Morgan fingerprint density at radius 2 is 1.94 bits per heavy atom. The molecular weight excluding hydrogens is 222 g/mol. The Morgan fingerprint density at radius 3 is 2.59 bits per heavy atom. The fourth-order valence-corrected chi connectivity index (χ4v) is 1.18. The van der Waals surface area contributed by atoms with E-state index in [0.717, 1.165) is 6.42 Å². The second-order valence-electron chi connectivity index (χ2n) is 3.64. The van der Waals surface area contributed by atoms with Gasteiger partial charge in [-0.25, -0.2) is 0 Å². The van der Waals surface area contributed by atoms with Crippen LogP contribution in [0.25, 0.3) is 0 Å². The molecule has 0 aromatic heterocycles. The quantitative estimate of drug-likeness (QED) is 0.424. The highest BCUT2D eigenvalue weighted by Gasteiger charge is 2.02. The van der Waals surface area contributed by atoms with E-state index in [0.29, 0.717) is 39.0 Å². The first-order valence-corrected chi connectivity index (χ1v) is 5.84. The molecule has 1 amide bonds. The van der Waals surface area contributed by atoms with Gasteiger partial charge >= 0.3 is 5.97 Å². The molecule has 98 valence electrons. The topological polar surface area (TPSA) is 75.6 Å². The number of carbonyl (C=O) groups is 2. The molecule has 5 heteroatoms. The Hall–Kier alpha value is -1.36. The molecule has 0 saturated heterocycles. The van der Waals surface area contributed by atoms with Crippen LogP contribution in [-0.2, 0) is 14.3 Å². The lowest BCUT2D eigenvalue weighted by Crippen LogP contribution is -2.27. The molecule has 0 aliphatic heterocycles. The van der Waals surface area contributed by atoms with Crippen LogP contribution in [0, 0.1) is 0 Å². The summed E-state index contributed by atoms with van der Waals surface area (Å²) in [6, 6.07) is 0. The maximum Gasteiger partial charge on any atom is 0.303 e. The average molecular weight is 243 g/mol. The number of amides is 1. The van der Waals surface area contributed by atoms with Crippen LogP contribution in [0.4, 0.5) is 0 Å². The normalized spacial score (nSPS) is 9.88. The van der Waals surface area contributed by atoms with Crippen LogP contribution in [0.1, 0.15) is 32.1 Å². The van der Waals surface area contributed by atoms with Gasteiger partial charge in [-0.15, -0.1) is 6.58 Å². The first kappa shape index (κ1) is 15.6. The molecule has 0 fully saturated rings. The summed E-state index contributed by atoms with van der Waals surface area (Å²) < 4.78 is 5.22. The maximum absolute atomic E-state index is 11.2. The van der Waals surface area contributed by atoms with E-state index in [-0.39, 0.29) is 12.3 Å². The number of hydrogen-bond acceptors (Lipinski definition) is 3. The number of carboxylic acid groups (broad SMARTS) is 1. The van der Waals surface area contributed by atoms with Crippen molar-refractivity contribution in [2.24, 2.45) is 0 Å². The molecule has 2 N–H and O–H groups in total. The molecular formula is C12H21NO4. The Morgan fingerprint density at radius 1 is 1.24 bits per heavy atom. The molecule has 0 unspecified atom stereocenters. The molecule has 5 nitrogen and oxygen atoms in total. The van der Waals surface area contributed by atoms with Crippen molar-refractivity contribution in [2.75, 3.05) is 19.8 Å². The molecule has 0 rings (SSSR count). The molecule has 0 bridgehead atoms. The maximum atomic E-state index is 11.2. The highest BCUT2D eigenvalue weighted by atomic mass is 16.5. The largest absolute Gasteiger partial charge is 0.481 e. The lowest BCUT2D eigenvalue weighted by molar-refractivity contribution is -0.137. The van der Waals surface area contributed by atoms with Gasteiger partial charge in [0.25, 0.3) is 0 Å². The van der Waals surface area contributed by atoms with Gasteiger partial charge in [0.15, 0.2) is 0 Å². The smallest absolute Gasteiger partial charge is 0.303 e. The predicted octanol–water partition coefficient (Wildman–Crippen LogP) is 1.34. The first-order chi connectivity index (χ1) is 8.16. The van der Waals surface area contributed by atoms with Crippen molar-refractivity contribution in [1.82, 2.24) is 5.32 Å². The van der Waals surface area contributed by atoms with E-state index in [9.17, 15) is 9.59 Å². The average Bonchev–Trinajstić information content (AvgIpc) is 2.29. The third-order valence-corrected chi connectivity index (χ3v) is 2.08. The summed E-state index contributed by atoms with van der Waals surface area (Å²) in [6.45, 7) is 5.18. The predicted molar refractivity (Wildman–Crippen MR) is 64.7 cm³/mol. The summed E-state index contributed by atoms with van der Waals surface area (Å²) in [5, 5.41) is 11.1. The zero-order chi connectivity index (χ0) is 12.9. The van der Waals surface area contributed by atoms with Crippen molar-refractivity contribution in [2.45, 2.75) is 32.1 Å². The number of hydrogen-bond donors (Lipinski definition) is 2. The number of rotatable bonds is 11. The molecule has 17 heavy (non-hydrogen) atoms. The highest BCUT2D eigenvalue weighted by molar-refractivity contribution is 5.75. The number of carboxylic acids is 1. The van der Waals surface area contributed by atoms with Gasteiger partial charge in [0, 0.05) is 19.4 Å². The van der Waals surface area contributed by atoms with E-state index in [1.54, 1.807) is 6.08 Å².